The molecular weight excluding hydrogens is 204 g/mol. The minimum Gasteiger partial charge on any atom is -0.465 e. The van der Waals surface area contributed by atoms with Crippen LogP contribution in [0.25, 0.3) is 0 Å². The molecule has 0 unspecified atom stereocenters. The van der Waals surface area contributed by atoms with Gasteiger partial charge in [-0.15, -0.1) is 5.10 Å². The summed E-state index contributed by atoms with van der Waals surface area (Å²) in [5.41, 5.74) is -1.40. The SMILES string of the molecule is CCOC(=O)CNc1n[nH]c(=O)[nH]c1=O. The Hall–Kier alpha value is -2.12. The van der Waals surface area contributed by atoms with Crippen LogP contribution in [0.3, 0.4) is 0 Å². The quantitative estimate of drug-likeness (QED) is 0.521. The molecule has 0 saturated heterocycles. The van der Waals surface area contributed by atoms with Gasteiger partial charge in [0.05, 0.1) is 6.61 Å². The molecule has 15 heavy (non-hydrogen) atoms. The lowest BCUT2D eigenvalue weighted by molar-refractivity contribution is -0.140. The van der Waals surface area contributed by atoms with E-state index in [-0.39, 0.29) is 19.0 Å². The maximum Gasteiger partial charge on any atom is 0.342 e. The Morgan fingerprint density at radius 3 is 2.87 bits per heavy atom. The highest BCUT2D eigenvalue weighted by atomic mass is 16.5. The van der Waals surface area contributed by atoms with Crippen molar-refractivity contribution < 1.29 is 9.53 Å². The summed E-state index contributed by atoms with van der Waals surface area (Å²) in [7, 11) is 0. The summed E-state index contributed by atoms with van der Waals surface area (Å²) in [5, 5.41) is 7.86. The summed E-state index contributed by atoms with van der Waals surface area (Å²) in [6.07, 6.45) is 0. The first-order chi connectivity index (χ1) is 7.13. The summed E-state index contributed by atoms with van der Waals surface area (Å²) >= 11 is 0. The third-order valence-corrected chi connectivity index (χ3v) is 1.42. The van der Waals surface area contributed by atoms with Crippen molar-refractivity contribution in [2.75, 3.05) is 18.5 Å². The number of carbonyl (C=O) groups is 1. The number of H-pyrrole nitrogens is 2. The Morgan fingerprint density at radius 1 is 1.53 bits per heavy atom. The molecule has 8 nitrogen and oxygen atoms in total. The third kappa shape index (κ3) is 3.25. The average Bonchev–Trinajstić information content (AvgIpc) is 2.17. The number of aromatic nitrogens is 3. The predicted octanol–water partition coefficient (Wildman–Crippen LogP) is -1.57. The minimum absolute atomic E-state index is 0.136. The lowest BCUT2D eigenvalue weighted by Gasteiger charge is -2.02. The summed E-state index contributed by atoms with van der Waals surface area (Å²) < 4.78 is 4.61. The summed E-state index contributed by atoms with van der Waals surface area (Å²) in [5.74, 6) is -0.646. The first-order valence-corrected chi connectivity index (χ1v) is 4.22. The molecule has 0 aliphatic carbocycles. The van der Waals surface area contributed by atoms with Gasteiger partial charge in [-0.2, -0.15) is 0 Å². The van der Waals surface area contributed by atoms with Crippen LogP contribution in [-0.4, -0.2) is 34.3 Å². The van der Waals surface area contributed by atoms with Gasteiger partial charge in [0, 0.05) is 0 Å². The van der Waals surface area contributed by atoms with Crippen molar-refractivity contribution in [1.82, 2.24) is 15.2 Å². The van der Waals surface area contributed by atoms with Crippen LogP contribution < -0.4 is 16.6 Å². The van der Waals surface area contributed by atoms with Crippen molar-refractivity contribution in [1.29, 1.82) is 0 Å². The van der Waals surface area contributed by atoms with Crippen LogP contribution in [0.5, 0.6) is 0 Å². The second-order valence-electron chi connectivity index (χ2n) is 2.51. The Kier molecular flexibility index (Phi) is 3.61. The van der Waals surface area contributed by atoms with Gasteiger partial charge in [0.15, 0.2) is 0 Å². The summed E-state index contributed by atoms with van der Waals surface area (Å²) in [6.45, 7) is 1.74. The molecule has 1 aromatic rings. The highest BCUT2D eigenvalue weighted by molar-refractivity contribution is 5.74. The number of aromatic amines is 2. The molecule has 0 amide bonds. The van der Waals surface area contributed by atoms with Gasteiger partial charge in [-0.1, -0.05) is 0 Å². The normalized spacial score (nSPS) is 9.67. The zero-order valence-corrected chi connectivity index (χ0v) is 7.99. The maximum absolute atomic E-state index is 11.1. The largest absolute Gasteiger partial charge is 0.465 e. The standard InChI is InChI=1S/C7H10N4O4/c1-2-15-4(12)3-8-5-6(13)9-7(14)11-10-5/h2-3H2,1H3,(H,8,10)(H2,9,11,13,14). The molecule has 0 spiro atoms. The number of rotatable bonds is 4. The zero-order chi connectivity index (χ0) is 11.3. The molecule has 0 fully saturated rings. The molecule has 0 aromatic carbocycles. The van der Waals surface area contributed by atoms with E-state index in [1.807, 2.05) is 10.1 Å². The van der Waals surface area contributed by atoms with Crippen LogP contribution >= 0.6 is 0 Å². The van der Waals surface area contributed by atoms with E-state index in [0.29, 0.717) is 0 Å². The first-order valence-electron chi connectivity index (χ1n) is 4.22. The van der Waals surface area contributed by atoms with Gasteiger partial charge in [0.25, 0.3) is 5.56 Å². The molecule has 1 rings (SSSR count). The number of ether oxygens (including phenoxy) is 1. The van der Waals surface area contributed by atoms with E-state index in [1.54, 1.807) is 6.92 Å². The Morgan fingerprint density at radius 2 is 2.27 bits per heavy atom. The lowest BCUT2D eigenvalue weighted by Crippen LogP contribution is -2.29. The summed E-state index contributed by atoms with van der Waals surface area (Å²) in [4.78, 5) is 34.5. The number of anilines is 1. The summed E-state index contributed by atoms with van der Waals surface area (Å²) in [6, 6.07) is 0. The van der Waals surface area contributed by atoms with Crippen molar-refractivity contribution in [2.24, 2.45) is 0 Å². The zero-order valence-electron chi connectivity index (χ0n) is 7.99. The smallest absolute Gasteiger partial charge is 0.342 e. The van der Waals surface area contributed by atoms with E-state index in [2.05, 4.69) is 15.2 Å². The molecule has 0 saturated carbocycles. The number of hydrogen-bond acceptors (Lipinski definition) is 6. The van der Waals surface area contributed by atoms with E-state index in [9.17, 15) is 14.4 Å². The van der Waals surface area contributed by atoms with E-state index >= 15 is 0 Å². The second kappa shape index (κ2) is 4.94. The molecule has 0 radical (unpaired) electrons. The molecule has 1 aromatic heterocycles. The van der Waals surface area contributed by atoms with Crippen LogP contribution in [0.2, 0.25) is 0 Å². The monoisotopic (exact) mass is 214 g/mol. The van der Waals surface area contributed by atoms with Gasteiger partial charge in [-0.3, -0.25) is 14.6 Å². The van der Waals surface area contributed by atoms with Crippen molar-refractivity contribution in [3.05, 3.63) is 20.8 Å². The second-order valence-corrected chi connectivity index (χ2v) is 2.51. The Labute approximate surface area is 83.7 Å². The van der Waals surface area contributed by atoms with Crippen molar-refractivity contribution in [2.45, 2.75) is 6.92 Å². The molecule has 0 aliphatic rings. The predicted molar refractivity (Wildman–Crippen MR) is 50.6 cm³/mol. The maximum atomic E-state index is 11.1. The first kappa shape index (κ1) is 11.0. The molecular formula is C7H10N4O4. The van der Waals surface area contributed by atoms with Crippen molar-refractivity contribution >= 4 is 11.8 Å². The molecule has 8 heteroatoms. The highest BCUT2D eigenvalue weighted by Gasteiger charge is 2.05. The third-order valence-electron chi connectivity index (χ3n) is 1.42. The molecule has 0 atom stereocenters. The Bertz CT molecular complexity index is 449. The fourth-order valence-electron chi connectivity index (χ4n) is 0.835. The average molecular weight is 214 g/mol. The number of nitrogens with one attached hydrogen (secondary N) is 3. The van der Waals surface area contributed by atoms with Gasteiger partial charge in [-0.05, 0) is 6.92 Å². The fraction of sp³-hybridized carbons (Fsp3) is 0.429. The van der Waals surface area contributed by atoms with E-state index in [4.69, 9.17) is 0 Å². The lowest BCUT2D eigenvalue weighted by atomic mass is 10.6. The number of carbonyl (C=O) groups excluding carboxylic acids is 1. The minimum atomic E-state index is -0.707. The Balaban J connectivity index is 2.62. The van der Waals surface area contributed by atoms with E-state index in [1.165, 1.54) is 0 Å². The molecule has 82 valence electrons. The molecule has 0 bridgehead atoms. The van der Waals surface area contributed by atoms with Crippen LogP contribution in [0.1, 0.15) is 6.92 Å². The van der Waals surface area contributed by atoms with Gasteiger partial charge >= 0.3 is 11.7 Å². The van der Waals surface area contributed by atoms with Crippen LogP contribution in [0.4, 0.5) is 5.82 Å². The van der Waals surface area contributed by atoms with Gasteiger partial charge < -0.3 is 10.1 Å². The van der Waals surface area contributed by atoms with Crippen molar-refractivity contribution in [3.63, 3.8) is 0 Å². The van der Waals surface area contributed by atoms with Crippen molar-refractivity contribution in [3.8, 4) is 0 Å². The van der Waals surface area contributed by atoms with Gasteiger partial charge in [0.1, 0.15) is 6.54 Å². The topological polar surface area (TPSA) is 117 Å². The molecule has 1 heterocycles. The van der Waals surface area contributed by atoms with E-state index in [0.717, 1.165) is 0 Å². The van der Waals surface area contributed by atoms with Gasteiger partial charge in [-0.25, -0.2) is 9.89 Å². The van der Waals surface area contributed by atoms with Gasteiger partial charge in [0.2, 0.25) is 5.82 Å². The van der Waals surface area contributed by atoms with Crippen LogP contribution in [0.15, 0.2) is 9.59 Å². The van der Waals surface area contributed by atoms with Crippen LogP contribution in [-0.2, 0) is 9.53 Å². The van der Waals surface area contributed by atoms with E-state index < -0.39 is 17.2 Å². The molecule has 0 aliphatic heterocycles. The number of esters is 1. The highest BCUT2D eigenvalue weighted by Crippen LogP contribution is 1.86. The molecule has 3 N–H and O–H groups in total. The number of hydrogen-bond donors (Lipinski definition) is 3. The fourth-order valence-corrected chi connectivity index (χ4v) is 0.835. The number of nitrogens with zero attached hydrogens (tertiary/aromatic N) is 1. The van der Waals surface area contributed by atoms with Crippen LogP contribution in [0, 0.1) is 0 Å².